The maximum absolute atomic E-state index is 13.7. The van der Waals surface area contributed by atoms with Crippen LogP contribution in [0.3, 0.4) is 0 Å². The summed E-state index contributed by atoms with van der Waals surface area (Å²) >= 11 is 0. The summed E-state index contributed by atoms with van der Waals surface area (Å²) < 4.78 is 45.8. The van der Waals surface area contributed by atoms with Gasteiger partial charge < -0.3 is 4.42 Å². The number of sulfone groups is 1. The zero-order chi connectivity index (χ0) is 24.7. The third kappa shape index (κ3) is 4.42. The van der Waals surface area contributed by atoms with Gasteiger partial charge in [-0.15, -0.1) is 0 Å². The Labute approximate surface area is 207 Å². The van der Waals surface area contributed by atoms with Crippen molar-refractivity contribution in [2.75, 3.05) is 11.5 Å². The van der Waals surface area contributed by atoms with E-state index in [2.05, 4.69) is 9.97 Å². The van der Waals surface area contributed by atoms with Crippen molar-refractivity contribution in [2.24, 2.45) is 5.92 Å². The highest BCUT2D eigenvalue weighted by Gasteiger charge is 2.26. The van der Waals surface area contributed by atoms with Gasteiger partial charge in [-0.25, -0.2) is 22.8 Å². The van der Waals surface area contributed by atoms with Crippen molar-refractivity contribution in [2.45, 2.75) is 19.4 Å². The van der Waals surface area contributed by atoms with Gasteiger partial charge in [-0.3, -0.25) is 4.68 Å². The maximum atomic E-state index is 13.7. The van der Waals surface area contributed by atoms with E-state index in [0.717, 1.165) is 28.5 Å². The van der Waals surface area contributed by atoms with Crippen LogP contribution in [0.1, 0.15) is 12.8 Å². The van der Waals surface area contributed by atoms with Gasteiger partial charge >= 0.3 is 0 Å². The molecule has 0 amide bonds. The minimum absolute atomic E-state index is 0.0124. The Morgan fingerprint density at radius 2 is 1.81 bits per heavy atom. The molecule has 6 rings (SSSR count). The molecule has 0 saturated carbocycles. The summed E-state index contributed by atoms with van der Waals surface area (Å²) in [6, 6.07) is 17.8. The van der Waals surface area contributed by atoms with Gasteiger partial charge in [0.1, 0.15) is 23.6 Å². The van der Waals surface area contributed by atoms with Gasteiger partial charge in [0, 0.05) is 29.4 Å². The van der Waals surface area contributed by atoms with Crippen LogP contribution < -0.4 is 0 Å². The second-order valence-corrected chi connectivity index (χ2v) is 11.4. The fourth-order valence-electron chi connectivity index (χ4n) is 4.85. The van der Waals surface area contributed by atoms with E-state index in [0.29, 0.717) is 35.8 Å². The van der Waals surface area contributed by atoms with Crippen LogP contribution in [-0.4, -0.2) is 39.7 Å². The Kier molecular flexibility index (Phi) is 5.64. The molecule has 4 heterocycles. The molecule has 1 aliphatic heterocycles. The van der Waals surface area contributed by atoms with Crippen LogP contribution in [0.25, 0.3) is 44.9 Å². The van der Waals surface area contributed by atoms with Gasteiger partial charge in [-0.1, -0.05) is 30.3 Å². The van der Waals surface area contributed by atoms with Crippen LogP contribution in [0, 0.1) is 11.7 Å². The molecule has 0 aliphatic carbocycles. The smallest absolute Gasteiger partial charge is 0.230 e. The molecule has 1 aliphatic rings. The quantitative estimate of drug-likeness (QED) is 0.320. The summed E-state index contributed by atoms with van der Waals surface area (Å²) in [7, 11) is -3.03. The zero-order valence-corrected chi connectivity index (χ0v) is 20.2. The van der Waals surface area contributed by atoms with E-state index < -0.39 is 9.84 Å². The number of hydrogen-bond acceptors (Lipinski definition) is 6. The lowest BCUT2D eigenvalue weighted by molar-refractivity contribution is 0.406. The number of nitrogens with zero attached hydrogens (tertiary/aromatic N) is 4. The summed E-state index contributed by atoms with van der Waals surface area (Å²) in [5, 5.41) is 5.54. The lowest BCUT2D eigenvalue weighted by Gasteiger charge is -2.21. The predicted octanol–water partition coefficient (Wildman–Crippen LogP) is 5.38. The normalized spacial score (nSPS) is 17.4. The van der Waals surface area contributed by atoms with Crippen molar-refractivity contribution in [3.05, 3.63) is 79.0 Å². The molecule has 182 valence electrons. The summed E-state index contributed by atoms with van der Waals surface area (Å²) in [6.45, 7) is 0.475. The van der Waals surface area contributed by atoms with E-state index in [1.165, 1.54) is 18.5 Å². The van der Waals surface area contributed by atoms with Crippen LogP contribution >= 0.6 is 0 Å². The Hall–Kier alpha value is -3.85. The average Bonchev–Trinajstić information content (AvgIpc) is 3.49. The number of halogens is 1. The molecule has 1 atom stereocenters. The van der Waals surface area contributed by atoms with Crippen LogP contribution in [0.2, 0.25) is 0 Å². The molecule has 5 aromatic rings. The molecule has 0 spiro atoms. The van der Waals surface area contributed by atoms with Gasteiger partial charge in [-0.2, -0.15) is 5.10 Å². The van der Waals surface area contributed by atoms with Crippen molar-refractivity contribution in [3.63, 3.8) is 0 Å². The highest BCUT2D eigenvalue weighted by molar-refractivity contribution is 7.91. The molecule has 0 unspecified atom stereocenters. The van der Waals surface area contributed by atoms with Crippen molar-refractivity contribution < 1.29 is 17.2 Å². The zero-order valence-electron chi connectivity index (χ0n) is 19.3. The molecule has 0 radical (unpaired) electrons. The van der Waals surface area contributed by atoms with Gasteiger partial charge in [0.05, 0.1) is 22.6 Å². The lowest BCUT2D eigenvalue weighted by Crippen LogP contribution is -2.28. The first-order valence-electron chi connectivity index (χ1n) is 11.8. The first-order valence-corrected chi connectivity index (χ1v) is 13.6. The molecule has 0 bridgehead atoms. The van der Waals surface area contributed by atoms with E-state index in [4.69, 9.17) is 9.52 Å². The minimum atomic E-state index is -3.03. The molecule has 1 saturated heterocycles. The monoisotopic (exact) mass is 502 g/mol. The summed E-state index contributed by atoms with van der Waals surface area (Å²) in [5.41, 5.74) is 4.14. The molecule has 36 heavy (non-hydrogen) atoms. The van der Waals surface area contributed by atoms with Gasteiger partial charge in [0.25, 0.3) is 0 Å². The van der Waals surface area contributed by atoms with E-state index in [1.54, 1.807) is 16.8 Å². The largest absolute Gasteiger partial charge is 0.438 e. The minimum Gasteiger partial charge on any atom is -0.438 e. The number of hydrogen-bond donors (Lipinski definition) is 0. The van der Waals surface area contributed by atoms with Crippen molar-refractivity contribution in [1.82, 2.24) is 19.7 Å². The fourth-order valence-corrected chi connectivity index (χ4v) is 6.61. The van der Waals surface area contributed by atoms with Crippen molar-refractivity contribution >= 4 is 20.9 Å². The van der Waals surface area contributed by atoms with Crippen molar-refractivity contribution in [1.29, 1.82) is 0 Å². The van der Waals surface area contributed by atoms with Gasteiger partial charge in [0.2, 0.25) is 5.71 Å². The molecule has 9 heteroatoms. The van der Waals surface area contributed by atoms with Crippen LogP contribution in [-0.2, 0) is 16.4 Å². The molecule has 2 aromatic carbocycles. The van der Waals surface area contributed by atoms with Crippen LogP contribution in [0.15, 0.2) is 77.6 Å². The predicted molar refractivity (Wildman–Crippen MR) is 135 cm³/mol. The number of benzene rings is 2. The highest BCUT2D eigenvalue weighted by atomic mass is 32.2. The number of aromatic nitrogens is 4. The van der Waals surface area contributed by atoms with E-state index >= 15 is 0 Å². The van der Waals surface area contributed by atoms with E-state index in [9.17, 15) is 12.8 Å². The first kappa shape index (κ1) is 22.6. The number of furan rings is 1. The van der Waals surface area contributed by atoms with Crippen LogP contribution in [0.4, 0.5) is 4.39 Å². The van der Waals surface area contributed by atoms with E-state index in [-0.39, 0.29) is 23.2 Å². The first-order chi connectivity index (χ1) is 17.4. The van der Waals surface area contributed by atoms with Gasteiger partial charge in [-0.05, 0) is 49.1 Å². The third-order valence-electron chi connectivity index (χ3n) is 6.52. The Morgan fingerprint density at radius 1 is 1.00 bits per heavy atom. The van der Waals surface area contributed by atoms with Gasteiger partial charge in [0.15, 0.2) is 9.84 Å². The lowest BCUT2D eigenvalue weighted by atomic mass is 10.0. The number of fused-ring (bicyclic) bond motifs is 1. The van der Waals surface area contributed by atoms with E-state index in [1.807, 2.05) is 42.6 Å². The van der Waals surface area contributed by atoms with Crippen molar-refractivity contribution in [3.8, 4) is 33.8 Å². The summed E-state index contributed by atoms with van der Waals surface area (Å²) in [6.07, 6.45) is 4.84. The summed E-state index contributed by atoms with van der Waals surface area (Å²) in [4.78, 5) is 8.90. The standard InChI is InChI=1S/C27H23FN4O3S/c28-21-10-8-20(9-11-21)25-23(15-32(31-25)14-18-5-4-12-36(33,34)16-18)26-22-13-24(19-6-2-1-3-7-19)35-27(22)30-17-29-26/h1-3,6-11,13,15,17-18H,4-5,12,14,16H2/t18-/m1/s1. The second-order valence-electron chi connectivity index (χ2n) is 9.16. The Balaban J connectivity index is 1.46. The third-order valence-corrected chi connectivity index (χ3v) is 8.41. The Bertz CT molecular complexity index is 1640. The maximum Gasteiger partial charge on any atom is 0.230 e. The molecule has 3 aromatic heterocycles. The van der Waals surface area contributed by atoms with Crippen LogP contribution in [0.5, 0.6) is 0 Å². The highest BCUT2D eigenvalue weighted by Crippen LogP contribution is 2.37. The molecule has 0 N–H and O–H groups in total. The topological polar surface area (TPSA) is 90.9 Å². The Morgan fingerprint density at radius 3 is 2.58 bits per heavy atom. The molecule has 1 fully saturated rings. The molecular weight excluding hydrogens is 479 g/mol. The number of rotatable bonds is 5. The second kappa shape index (κ2) is 8.98. The summed E-state index contributed by atoms with van der Waals surface area (Å²) in [5.74, 6) is 0.738. The fraction of sp³-hybridized carbons (Fsp3) is 0.222. The average molecular weight is 503 g/mol. The SMILES string of the molecule is O=S1(=O)CCC[C@H](Cn2cc(-c3ncnc4oc(-c5ccccc5)cc34)c(-c3ccc(F)cc3)n2)C1. The molecular formula is C27H23FN4O3S. The molecule has 7 nitrogen and oxygen atoms in total.